The highest BCUT2D eigenvalue weighted by Gasteiger charge is 2.18. The largest absolute Gasteiger partial charge is 0.505 e. The predicted molar refractivity (Wildman–Crippen MR) is 120 cm³/mol. The average Bonchev–Trinajstić information content (AvgIpc) is 3.29. The Kier molecular flexibility index (Phi) is 6.21. The number of rotatable bonds is 6. The van der Waals surface area contributed by atoms with Gasteiger partial charge in [0.2, 0.25) is 5.82 Å². The molecule has 0 bridgehead atoms. The molecule has 156 valence electrons. The van der Waals surface area contributed by atoms with Crippen LogP contribution < -0.4 is 5.32 Å². The molecule has 0 aliphatic heterocycles. The Balaban J connectivity index is 1.52. The van der Waals surface area contributed by atoms with Crippen LogP contribution in [0.15, 0.2) is 79.1 Å². The first-order chi connectivity index (χ1) is 15.0. The van der Waals surface area contributed by atoms with Crippen LogP contribution in [0.2, 0.25) is 10.0 Å². The lowest BCUT2D eigenvalue weighted by atomic mass is 9.91. The molecule has 31 heavy (non-hydrogen) atoms. The first kappa shape index (κ1) is 20.9. The van der Waals surface area contributed by atoms with Gasteiger partial charge in [0.15, 0.2) is 5.75 Å². The van der Waals surface area contributed by atoms with Crippen LogP contribution in [0.25, 0.3) is 5.69 Å². The number of amides is 1. The minimum absolute atomic E-state index is 0.0110. The number of hydrogen-bond donors (Lipinski definition) is 2. The number of phenols is 1. The minimum Gasteiger partial charge on any atom is -0.505 e. The summed E-state index contributed by atoms with van der Waals surface area (Å²) in [4.78, 5) is 16.8. The van der Waals surface area contributed by atoms with Crippen LogP contribution in [-0.4, -0.2) is 32.3 Å². The third-order valence-electron chi connectivity index (χ3n) is 4.83. The Morgan fingerprint density at radius 3 is 2.06 bits per heavy atom. The molecular weight excluding hydrogens is 435 g/mol. The van der Waals surface area contributed by atoms with Crippen LogP contribution in [-0.2, 0) is 0 Å². The van der Waals surface area contributed by atoms with Gasteiger partial charge in [0.05, 0.1) is 15.7 Å². The fourth-order valence-corrected chi connectivity index (χ4v) is 3.72. The second-order valence-corrected chi connectivity index (χ2v) is 7.67. The lowest BCUT2D eigenvalue weighted by molar-refractivity contribution is 0.0942. The van der Waals surface area contributed by atoms with Crippen molar-refractivity contribution in [3.63, 3.8) is 0 Å². The summed E-state index contributed by atoms with van der Waals surface area (Å²) in [5, 5.41) is 17.0. The Morgan fingerprint density at radius 2 is 1.52 bits per heavy atom. The van der Waals surface area contributed by atoms with E-state index < -0.39 is 5.91 Å². The van der Waals surface area contributed by atoms with Gasteiger partial charge in [0.25, 0.3) is 5.91 Å². The van der Waals surface area contributed by atoms with Gasteiger partial charge < -0.3 is 10.4 Å². The quantitative estimate of drug-likeness (QED) is 0.438. The lowest BCUT2D eigenvalue weighted by Crippen LogP contribution is -2.29. The highest BCUT2D eigenvalue weighted by atomic mass is 35.5. The van der Waals surface area contributed by atoms with Gasteiger partial charge in [-0.2, -0.15) is 0 Å². The molecule has 0 unspecified atom stereocenters. The summed E-state index contributed by atoms with van der Waals surface area (Å²) in [6.07, 6.45) is 1.39. The number of aromatic hydroxyl groups is 1. The zero-order valence-electron chi connectivity index (χ0n) is 16.2. The van der Waals surface area contributed by atoms with Crippen molar-refractivity contribution >= 4 is 29.1 Å². The summed E-state index contributed by atoms with van der Waals surface area (Å²) in [7, 11) is 0. The van der Waals surface area contributed by atoms with Gasteiger partial charge in [-0.3, -0.25) is 4.79 Å². The van der Waals surface area contributed by atoms with Gasteiger partial charge in [0, 0.05) is 12.5 Å². The molecule has 6 nitrogen and oxygen atoms in total. The second-order valence-electron chi connectivity index (χ2n) is 6.85. The molecular formula is C23H18Cl2N4O2. The molecule has 0 aliphatic carbocycles. The zero-order valence-corrected chi connectivity index (χ0v) is 17.8. The molecule has 0 spiro atoms. The second kappa shape index (κ2) is 9.20. The molecule has 4 rings (SSSR count). The number of halogens is 2. The van der Waals surface area contributed by atoms with Crippen molar-refractivity contribution in [1.29, 1.82) is 0 Å². The van der Waals surface area contributed by atoms with E-state index in [4.69, 9.17) is 23.2 Å². The lowest BCUT2D eigenvalue weighted by Gasteiger charge is -2.18. The fourth-order valence-electron chi connectivity index (χ4n) is 3.25. The van der Waals surface area contributed by atoms with E-state index in [9.17, 15) is 9.90 Å². The molecule has 3 aromatic carbocycles. The minimum atomic E-state index is -0.397. The van der Waals surface area contributed by atoms with Crippen molar-refractivity contribution in [3.05, 3.63) is 106 Å². The predicted octanol–water partition coefficient (Wildman–Crippen LogP) is 4.84. The van der Waals surface area contributed by atoms with Crippen LogP contribution >= 0.6 is 23.2 Å². The van der Waals surface area contributed by atoms with Crippen molar-refractivity contribution < 1.29 is 9.90 Å². The monoisotopic (exact) mass is 452 g/mol. The van der Waals surface area contributed by atoms with Gasteiger partial charge in [-0.1, -0.05) is 83.9 Å². The van der Waals surface area contributed by atoms with E-state index in [0.29, 0.717) is 12.2 Å². The highest BCUT2D eigenvalue weighted by molar-refractivity contribution is 6.37. The summed E-state index contributed by atoms with van der Waals surface area (Å²) in [5.74, 6) is -0.604. The molecule has 1 heterocycles. The maximum Gasteiger partial charge on any atom is 0.291 e. The van der Waals surface area contributed by atoms with Gasteiger partial charge in [-0.05, 0) is 23.3 Å². The Bertz CT molecular complexity index is 1130. The summed E-state index contributed by atoms with van der Waals surface area (Å²) in [6.45, 7) is 0.387. The van der Waals surface area contributed by atoms with Crippen molar-refractivity contribution in [1.82, 2.24) is 20.1 Å². The fraction of sp³-hybridized carbons (Fsp3) is 0.0870. The molecule has 2 N–H and O–H groups in total. The van der Waals surface area contributed by atoms with Crippen LogP contribution in [0.5, 0.6) is 5.75 Å². The molecule has 0 saturated heterocycles. The third-order valence-corrected chi connectivity index (χ3v) is 5.41. The van der Waals surface area contributed by atoms with E-state index in [1.54, 1.807) is 0 Å². The van der Waals surface area contributed by atoms with E-state index >= 15 is 0 Å². The number of aromatic nitrogens is 3. The first-order valence-electron chi connectivity index (χ1n) is 9.51. The molecule has 0 saturated carbocycles. The standard InChI is InChI=1S/C23H18Cl2N4O2/c24-19-11-17(12-20(25)21(19)30)29-14-27-22(28-29)23(31)26-13-18(15-7-3-1-4-8-15)16-9-5-2-6-10-16/h1-12,14,18,30H,13H2,(H,26,31). The third kappa shape index (κ3) is 4.71. The zero-order chi connectivity index (χ0) is 21.8. The number of carbonyl (C=O) groups is 1. The summed E-state index contributed by atoms with van der Waals surface area (Å²) in [6, 6.07) is 22.9. The first-order valence-corrected chi connectivity index (χ1v) is 10.3. The number of carbonyl (C=O) groups excluding carboxylic acids is 1. The summed E-state index contributed by atoms with van der Waals surface area (Å²) in [5.41, 5.74) is 2.67. The van der Waals surface area contributed by atoms with Crippen LogP contribution in [0.4, 0.5) is 0 Å². The molecule has 8 heteroatoms. The van der Waals surface area contributed by atoms with E-state index in [1.807, 2.05) is 60.7 Å². The SMILES string of the molecule is O=C(NCC(c1ccccc1)c1ccccc1)c1ncn(-c2cc(Cl)c(O)c(Cl)c2)n1. The topological polar surface area (TPSA) is 80.0 Å². The van der Waals surface area contributed by atoms with Crippen molar-refractivity contribution in [2.45, 2.75) is 5.92 Å². The average molecular weight is 453 g/mol. The Labute approximate surface area is 189 Å². The van der Waals surface area contributed by atoms with Gasteiger partial charge >= 0.3 is 0 Å². The van der Waals surface area contributed by atoms with Crippen molar-refractivity contribution in [2.75, 3.05) is 6.54 Å². The number of hydrogen-bond acceptors (Lipinski definition) is 4. The molecule has 0 radical (unpaired) electrons. The molecule has 0 fully saturated rings. The van der Waals surface area contributed by atoms with Crippen molar-refractivity contribution in [3.8, 4) is 11.4 Å². The van der Waals surface area contributed by atoms with E-state index in [0.717, 1.165) is 11.1 Å². The summed E-state index contributed by atoms with van der Waals surface area (Å²) >= 11 is 11.9. The van der Waals surface area contributed by atoms with E-state index in [-0.39, 0.29) is 27.5 Å². The van der Waals surface area contributed by atoms with E-state index in [1.165, 1.54) is 23.1 Å². The highest BCUT2D eigenvalue weighted by Crippen LogP contribution is 2.33. The number of nitrogens with zero attached hydrogens (tertiary/aromatic N) is 3. The Morgan fingerprint density at radius 1 is 0.968 bits per heavy atom. The number of benzene rings is 3. The molecule has 0 aliphatic rings. The number of phenolic OH excluding ortho intramolecular Hbond substituents is 1. The van der Waals surface area contributed by atoms with Gasteiger partial charge in [0.1, 0.15) is 6.33 Å². The van der Waals surface area contributed by atoms with Gasteiger partial charge in [-0.25, -0.2) is 9.67 Å². The maximum absolute atomic E-state index is 12.7. The van der Waals surface area contributed by atoms with Gasteiger partial charge in [-0.15, -0.1) is 5.10 Å². The van der Waals surface area contributed by atoms with Crippen LogP contribution in [0.3, 0.4) is 0 Å². The van der Waals surface area contributed by atoms with Crippen molar-refractivity contribution in [2.24, 2.45) is 0 Å². The molecule has 1 amide bonds. The molecule has 1 aromatic heterocycles. The number of nitrogens with one attached hydrogen (secondary N) is 1. The van der Waals surface area contributed by atoms with E-state index in [2.05, 4.69) is 15.4 Å². The van der Waals surface area contributed by atoms with Crippen LogP contribution in [0.1, 0.15) is 27.7 Å². The van der Waals surface area contributed by atoms with Crippen LogP contribution in [0, 0.1) is 0 Å². The normalized spacial score (nSPS) is 10.9. The molecule has 0 atom stereocenters. The Hall–Kier alpha value is -3.35. The molecule has 4 aromatic rings. The summed E-state index contributed by atoms with van der Waals surface area (Å²) < 4.78 is 1.37. The smallest absolute Gasteiger partial charge is 0.291 e. The maximum atomic E-state index is 12.7.